The summed E-state index contributed by atoms with van der Waals surface area (Å²) < 4.78 is 7.38. The monoisotopic (exact) mass is 430 g/mol. The second kappa shape index (κ2) is 9.04. The highest BCUT2D eigenvalue weighted by molar-refractivity contribution is 7.80. The minimum absolute atomic E-state index is 0.0655. The van der Waals surface area contributed by atoms with Gasteiger partial charge >= 0.3 is 0 Å². The molecule has 0 fully saturated rings. The number of hydrogen-bond acceptors (Lipinski definition) is 7. The standard InChI is InChI=1S/C22H30N4O3S/c1-6-9-25(4)17-10-14(7-8-20(17)29-5)26-21(23-24-22(26)30)16-11-15(13(2)3)18(27)12-19(16)28/h7-8,10,12-13,16,27-28H,6,9,11H2,1-5H3,(H,24,30). The molecule has 0 bridgehead atoms. The molecule has 0 amide bonds. The number of aliphatic hydroxyl groups excluding tert-OH is 2. The third-order valence-corrected chi connectivity index (χ3v) is 5.75. The van der Waals surface area contributed by atoms with Crippen LogP contribution in [0.15, 0.2) is 46.5 Å². The summed E-state index contributed by atoms with van der Waals surface area (Å²) in [7, 11) is 3.68. The van der Waals surface area contributed by atoms with Crippen molar-refractivity contribution in [1.82, 2.24) is 14.8 Å². The van der Waals surface area contributed by atoms with Gasteiger partial charge in [-0.25, -0.2) is 0 Å². The predicted molar refractivity (Wildman–Crippen MR) is 121 cm³/mol. The zero-order valence-electron chi connectivity index (χ0n) is 18.1. The van der Waals surface area contributed by atoms with Crippen molar-refractivity contribution in [3.05, 3.63) is 47.2 Å². The number of methoxy groups -OCH3 is 1. The highest BCUT2D eigenvalue weighted by atomic mass is 32.1. The Morgan fingerprint density at radius 1 is 1.30 bits per heavy atom. The van der Waals surface area contributed by atoms with Crippen molar-refractivity contribution >= 4 is 18.3 Å². The third-order valence-electron chi connectivity index (χ3n) is 5.47. The molecule has 1 aromatic heterocycles. The molecule has 2 N–H and O–H groups in total. The summed E-state index contributed by atoms with van der Waals surface area (Å²) in [6.45, 7) is 7.06. The van der Waals surface area contributed by atoms with E-state index in [1.165, 1.54) is 6.08 Å². The Morgan fingerprint density at radius 3 is 2.67 bits per heavy atom. The van der Waals surface area contributed by atoms with Crippen LogP contribution in [-0.4, -0.2) is 45.7 Å². The molecule has 1 aromatic carbocycles. The molecule has 162 valence electrons. The zero-order valence-corrected chi connectivity index (χ0v) is 19.0. The number of anilines is 1. The highest BCUT2D eigenvalue weighted by Gasteiger charge is 2.31. The Kier molecular flexibility index (Phi) is 6.65. The quantitative estimate of drug-likeness (QED) is 0.547. The second-order valence-electron chi connectivity index (χ2n) is 7.86. The maximum absolute atomic E-state index is 10.6. The number of allylic oxidation sites excluding steroid dienone is 3. The molecule has 0 spiro atoms. The lowest BCUT2D eigenvalue weighted by atomic mass is 9.85. The number of hydrogen-bond donors (Lipinski definition) is 3. The molecule has 0 radical (unpaired) electrons. The summed E-state index contributed by atoms with van der Waals surface area (Å²) in [6, 6.07) is 5.85. The Bertz CT molecular complexity index is 981. The van der Waals surface area contributed by atoms with Crippen molar-refractivity contribution in [2.45, 2.75) is 44.7 Å². The van der Waals surface area contributed by atoms with Crippen LogP contribution in [0.1, 0.15) is 45.4 Å². The molecule has 1 aliphatic carbocycles. The molecule has 1 heterocycles. The highest BCUT2D eigenvalue weighted by Crippen LogP contribution is 2.39. The van der Waals surface area contributed by atoms with Crippen molar-refractivity contribution in [3.8, 4) is 11.4 Å². The fourth-order valence-corrected chi connectivity index (χ4v) is 4.11. The van der Waals surface area contributed by atoms with Gasteiger partial charge in [-0.3, -0.25) is 4.57 Å². The smallest absolute Gasteiger partial charge is 0.192 e. The first-order valence-electron chi connectivity index (χ1n) is 10.1. The molecule has 1 unspecified atom stereocenters. The third kappa shape index (κ3) is 4.14. The van der Waals surface area contributed by atoms with E-state index in [1.54, 1.807) is 7.11 Å². The Labute approximate surface area is 183 Å². The lowest BCUT2D eigenvalue weighted by Gasteiger charge is -2.26. The number of ether oxygens (including phenoxy) is 1. The fourth-order valence-electron chi connectivity index (χ4n) is 3.85. The molecule has 30 heavy (non-hydrogen) atoms. The van der Waals surface area contributed by atoms with E-state index in [0.29, 0.717) is 17.4 Å². The van der Waals surface area contributed by atoms with Crippen LogP contribution in [0.3, 0.4) is 0 Å². The van der Waals surface area contributed by atoms with Gasteiger partial charge in [-0.15, -0.1) is 22.8 Å². The van der Waals surface area contributed by atoms with Crippen LogP contribution < -0.4 is 9.64 Å². The van der Waals surface area contributed by atoms with Crippen LogP contribution in [0.5, 0.6) is 5.75 Å². The summed E-state index contributed by atoms with van der Waals surface area (Å²) in [5.74, 6) is 1.29. The van der Waals surface area contributed by atoms with Crippen LogP contribution in [0, 0.1) is 5.92 Å². The van der Waals surface area contributed by atoms with E-state index in [4.69, 9.17) is 4.74 Å². The molecular formula is C22H30N4O3S. The first-order valence-corrected chi connectivity index (χ1v) is 10.6. The number of benzene rings is 1. The van der Waals surface area contributed by atoms with Crippen molar-refractivity contribution in [2.75, 3.05) is 25.6 Å². The minimum Gasteiger partial charge on any atom is -0.511 e. The number of rotatable bonds is 7. The normalized spacial score (nSPS) is 16.8. The molecule has 1 aliphatic rings. The zero-order chi connectivity index (χ0) is 22.0. The van der Waals surface area contributed by atoms with Crippen molar-refractivity contribution in [1.29, 1.82) is 0 Å². The molecule has 7 nitrogen and oxygen atoms in total. The van der Waals surface area contributed by atoms with Crippen molar-refractivity contribution in [3.63, 3.8) is 0 Å². The number of aliphatic hydroxyl groups is 2. The van der Waals surface area contributed by atoms with Crippen LogP contribution in [0.2, 0.25) is 0 Å². The van der Waals surface area contributed by atoms with E-state index >= 15 is 0 Å². The van der Waals surface area contributed by atoms with Crippen LogP contribution >= 0.6 is 12.6 Å². The first kappa shape index (κ1) is 22.1. The van der Waals surface area contributed by atoms with Gasteiger partial charge in [-0.05, 0) is 42.5 Å². The summed E-state index contributed by atoms with van der Waals surface area (Å²) in [5, 5.41) is 29.8. The Morgan fingerprint density at radius 2 is 2.03 bits per heavy atom. The van der Waals surface area contributed by atoms with E-state index in [-0.39, 0.29) is 17.4 Å². The SMILES string of the molecule is CCCN(C)c1cc(-n2c(S)nnc2C2CC(C(C)C)=C(O)C=C2O)ccc1OC. The molecule has 0 aliphatic heterocycles. The van der Waals surface area contributed by atoms with Gasteiger partial charge in [0, 0.05) is 19.7 Å². The van der Waals surface area contributed by atoms with Gasteiger partial charge in [0.05, 0.1) is 24.4 Å². The van der Waals surface area contributed by atoms with E-state index in [1.807, 2.05) is 43.7 Å². The van der Waals surface area contributed by atoms with E-state index in [0.717, 1.165) is 35.7 Å². The number of nitrogens with zero attached hydrogens (tertiary/aromatic N) is 4. The van der Waals surface area contributed by atoms with Gasteiger partial charge < -0.3 is 19.8 Å². The molecule has 8 heteroatoms. The molecule has 2 aromatic rings. The summed E-state index contributed by atoms with van der Waals surface area (Å²) >= 11 is 4.52. The average Bonchev–Trinajstić information content (AvgIpc) is 3.08. The maximum Gasteiger partial charge on any atom is 0.192 e. The topological polar surface area (TPSA) is 83.6 Å². The fraction of sp³-hybridized carbons (Fsp3) is 0.455. The number of thiol groups is 1. The molecule has 0 saturated heterocycles. The second-order valence-corrected chi connectivity index (χ2v) is 8.26. The lowest BCUT2D eigenvalue weighted by molar-refractivity contribution is 0.326. The van der Waals surface area contributed by atoms with Gasteiger partial charge in [0.2, 0.25) is 0 Å². The van der Waals surface area contributed by atoms with Gasteiger partial charge in [0.1, 0.15) is 23.1 Å². The molecule has 3 rings (SSSR count). The van der Waals surface area contributed by atoms with Crippen LogP contribution in [0.25, 0.3) is 5.69 Å². The Hall–Kier alpha value is -2.61. The Balaban J connectivity index is 2.08. The maximum atomic E-state index is 10.6. The summed E-state index contributed by atoms with van der Waals surface area (Å²) in [5.41, 5.74) is 2.66. The average molecular weight is 431 g/mol. The largest absolute Gasteiger partial charge is 0.511 e. The molecule has 1 atom stereocenters. The van der Waals surface area contributed by atoms with E-state index in [9.17, 15) is 10.2 Å². The van der Waals surface area contributed by atoms with Gasteiger partial charge in [-0.1, -0.05) is 20.8 Å². The van der Waals surface area contributed by atoms with Gasteiger partial charge in [-0.2, -0.15) is 0 Å². The summed E-state index contributed by atoms with van der Waals surface area (Å²) in [4.78, 5) is 2.14. The summed E-state index contributed by atoms with van der Waals surface area (Å²) in [6.07, 6.45) is 2.89. The van der Waals surface area contributed by atoms with Crippen molar-refractivity contribution < 1.29 is 14.9 Å². The first-order chi connectivity index (χ1) is 14.3. The predicted octanol–water partition coefficient (Wildman–Crippen LogP) is 4.81. The number of aromatic nitrogens is 3. The molecule has 0 saturated carbocycles. The molecular weight excluding hydrogens is 400 g/mol. The minimum atomic E-state index is -0.411. The van der Waals surface area contributed by atoms with E-state index < -0.39 is 5.92 Å². The van der Waals surface area contributed by atoms with Crippen molar-refractivity contribution in [2.24, 2.45) is 5.92 Å². The van der Waals surface area contributed by atoms with Gasteiger partial charge in [0.15, 0.2) is 5.16 Å². The van der Waals surface area contributed by atoms with E-state index in [2.05, 4.69) is 34.6 Å². The lowest BCUT2D eigenvalue weighted by Crippen LogP contribution is -2.19. The van der Waals surface area contributed by atoms with Crippen LogP contribution in [-0.2, 0) is 0 Å². The van der Waals surface area contributed by atoms with Crippen LogP contribution in [0.4, 0.5) is 5.69 Å². The van der Waals surface area contributed by atoms with Gasteiger partial charge in [0.25, 0.3) is 0 Å².